The second-order valence-electron chi connectivity index (χ2n) is 4.52. The van der Waals surface area contributed by atoms with E-state index in [0.717, 1.165) is 0 Å². The number of carbonyl (C=O) groups is 1. The molecule has 0 spiro atoms. The Bertz CT molecular complexity index is 502. The fourth-order valence-electron chi connectivity index (χ4n) is 2.49. The van der Waals surface area contributed by atoms with Gasteiger partial charge in [0, 0.05) is 0 Å². The molecule has 0 radical (unpaired) electrons. The van der Waals surface area contributed by atoms with Crippen molar-refractivity contribution in [1.29, 1.82) is 0 Å². The lowest BCUT2D eigenvalue weighted by molar-refractivity contribution is -0.138. The molecule has 5 nitrogen and oxygen atoms in total. The lowest BCUT2D eigenvalue weighted by atomic mass is 9.79. The minimum absolute atomic E-state index is 0.134. The van der Waals surface area contributed by atoms with Crippen molar-refractivity contribution in [3.63, 3.8) is 0 Å². The number of carboxylic acid groups (broad SMARTS) is 1. The molecule has 0 saturated carbocycles. The van der Waals surface area contributed by atoms with Crippen LogP contribution in [0.5, 0.6) is 0 Å². The van der Waals surface area contributed by atoms with Crippen LogP contribution in [0.4, 0.5) is 0 Å². The Morgan fingerprint density at radius 1 is 1.53 bits per heavy atom. The molecule has 1 aromatic rings. The predicted molar refractivity (Wildman–Crippen MR) is 60.5 cm³/mol. The van der Waals surface area contributed by atoms with Crippen molar-refractivity contribution in [3.8, 4) is 0 Å². The summed E-state index contributed by atoms with van der Waals surface area (Å²) in [7, 11) is -3.19. The van der Waals surface area contributed by atoms with Crippen molar-refractivity contribution >= 4 is 15.8 Å². The van der Waals surface area contributed by atoms with Crippen LogP contribution in [0.25, 0.3) is 0 Å². The van der Waals surface area contributed by atoms with Crippen molar-refractivity contribution in [1.82, 2.24) is 0 Å². The van der Waals surface area contributed by atoms with E-state index in [4.69, 9.17) is 9.52 Å². The van der Waals surface area contributed by atoms with Crippen molar-refractivity contribution in [2.75, 3.05) is 11.5 Å². The minimum Gasteiger partial charge on any atom is -0.481 e. The number of hydrogen-bond acceptors (Lipinski definition) is 4. The standard InChI is InChI=1S/C11H14O5S/c12-10(13)7-11(9-3-1-5-16-9)4-2-6-17(14,15)8-11/h1,3,5H,2,4,6-8H2,(H,12,13). The molecule has 0 amide bonds. The molecule has 2 heterocycles. The van der Waals surface area contributed by atoms with Crippen molar-refractivity contribution in [2.24, 2.45) is 0 Å². The van der Waals surface area contributed by atoms with Gasteiger partial charge in [-0.2, -0.15) is 0 Å². The maximum atomic E-state index is 11.7. The van der Waals surface area contributed by atoms with Crippen molar-refractivity contribution < 1.29 is 22.7 Å². The van der Waals surface area contributed by atoms with Crippen LogP contribution in [0.2, 0.25) is 0 Å². The molecule has 1 N–H and O–H groups in total. The molecular formula is C11H14O5S. The molecule has 1 unspecified atom stereocenters. The highest BCUT2D eigenvalue weighted by Gasteiger charge is 2.44. The van der Waals surface area contributed by atoms with Gasteiger partial charge in [0.1, 0.15) is 5.76 Å². The van der Waals surface area contributed by atoms with Gasteiger partial charge in [0.2, 0.25) is 0 Å². The summed E-state index contributed by atoms with van der Waals surface area (Å²) in [5.74, 6) is -0.545. The number of carboxylic acids is 1. The van der Waals surface area contributed by atoms with E-state index in [0.29, 0.717) is 18.6 Å². The molecule has 1 aromatic heterocycles. The molecule has 2 rings (SSSR count). The van der Waals surface area contributed by atoms with Gasteiger partial charge in [-0.05, 0) is 25.0 Å². The van der Waals surface area contributed by atoms with Crippen LogP contribution in [0, 0.1) is 0 Å². The minimum atomic E-state index is -3.19. The van der Waals surface area contributed by atoms with Crippen LogP contribution < -0.4 is 0 Å². The first kappa shape index (κ1) is 12.2. The Balaban J connectivity index is 2.40. The molecule has 0 bridgehead atoms. The topological polar surface area (TPSA) is 84.6 Å². The summed E-state index contributed by atoms with van der Waals surface area (Å²) in [5, 5.41) is 8.96. The normalized spacial score (nSPS) is 27.8. The quantitative estimate of drug-likeness (QED) is 0.880. The average Bonchev–Trinajstić information content (AvgIpc) is 2.67. The highest BCUT2D eigenvalue weighted by atomic mass is 32.2. The molecule has 17 heavy (non-hydrogen) atoms. The Morgan fingerprint density at radius 2 is 2.29 bits per heavy atom. The molecule has 1 aliphatic heterocycles. The van der Waals surface area contributed by atoms with Crippen molar-refractivity contribution in [2.45, 2.75) is 24.7 Å². The Labute approximate surface area is 99.4 Å². The molecular weight excluding hydrogens is 244 g/mol. The Kier molecular flexibility index (Phi) is 2.99. The lowest BCUT2D eigenvalue weighted by Crippen LogP contribution is -2.41. The Morgan fingerprint density at radius 3 is 2.82 bits per heavy atom. The summed E-state index contributed by atoms with van der Waals surface area (Å²) < 4.78 is 28.7. The van der Waals surface area contributed by atoms with E-state index in [1.165, 1.54) is 6.26 Å². The number of sulfone groups is 1. The zero-order valence-electron chi connectivity index (χ0n) is 9.26. The summed E-state index contributed by atoms with van der Waals surface area (Å²) >= 11 is 0. The summed E-state index contributed by atoms with van der Waals surface area (Å²) in [4.78, 5) is 10.9. The molecule has 6 heteroatoms. The van der Waals surface area contributed by atoms with Gasteiger partial charge >= 0.3 is 5.97 Å². The Hall–Kier alpha value is -1.30. The highest BCUT2D eigenvalue weighted by Crippen LogP contribution is 2.38. The van der Waals surface area contributed by atoms with Gasteiger partial charge in [-0.15, -0.1) is 0 Å². The van der Waals surface area contributed by atoms with Crippen LogP contribution in [-0.4, -0.2) is 31.0 Å². The monoisotopic (exact) mass is 258 g/mol. The number of furan rings is 1. The third-order valence-corrected chi connectivity index (χ3v) is 5.04. The summed E-state index contributed by atoms with van der Waals surface area (Å²) in [6.07, 6.45) is 2.25. The molecule has 1 saturated heterocycles. The van der Waals surface area contributed by atoms with Gasteiger partial charge in [-0.3, -0.25) is 4.79 Å². The SMILES string of the molecule is O=C(O)CC1(c2ccco2)CCCS(=O)(=O)C1. The second kappa shape index (κ2) is 4.18. The predicted octanol–water partition coefficient (Wildman–Crippen LogP) is 1.20. The van der Waals surface area contributed by atoms with E-state index in [1.807, 2.05) is 0 Å². The number of hydrogen-bond donors (Lipinski definition) is 1. The summed E-state index contributed by atoms with van der Waals surface area (Å²) in [6.45, 7) is 0. The zero-order valence-corrected chi connectivity index (χ0v) is 10.1. The smallest absolute Gasteiger partial charge is 0.304 e. The molecule has 1 fully saturated rings. The zero-order chi connectivity index (χ0) is 12.5. The first-order valence-electron chi connectivity index (χ1n) is 5.40. The number of aliphatic carboxylic acids is 1. The second-order valence-corrected chi connectivity index (χ2v) is 6.71. The summed E-state index contributed by atoms with van der Waals surface area (Å²) in [6, 6.07) is 3.31. The van der Waals surface area contributed by atoms with Gasteiger partial charge in [-0.25, -0.2) is 8.42 Å². The third-order valence-electron chi connectivity index (χ3n) is 3.14. The average molecular weight is 258 g/mol. The molecule has 0 aromatic carbocycles. The fourth-order valence-corrected chi connectivity index (χ4v) is 4.45. The van der Waals surface area contributed by atoms with E-state index in [1.54, 1.807) is 12.1 Å². The first-order chi connectivity index (χ1) is 7.94. The van der Waals surface area contributed by atoms with E-state index in [2.05, 4.69) is 0 Å². The highest BCUT2D eigenvalue weighted by molar-refractivity contribution is 7.91. The molecule has 1 atom stereocenters. The number of rotatable bonds is 3. The van der Waals surface area contributed by atoms with Crippen molar-refractivity contribution in [3.05, 3.63) is 24.2 Å². The van der Waals surface area contributed by atoms with Gasteiger partial charge in [0.25, 0.3) is 0 Å². The van der Waals surface area contributed by atoms with Gasteiger partial charge in [-0.1, -0.05) is 0 Å². The van der Waals surface area contributed by atoms with Gasteiger partial charge in [0.15, 0.2) is 9.84 Å². The van der Waals surface area contributed by atoms with E-state index < -0.39 is 21.2 Å². The van der Waals surface area contributed by atoms with E-state index in [9.17, 15) is 13.2 Å². The van der Waals surface area contributed by atoms with Gasteiger partial charge < -0.3 is 9.52 Å². The lowest BCUT2D eigenvalue weighted by Gasteiger charge is -2.33. The summed E-state index contributed by atoms with van der Waals surface area (Å²) in [5.41, 5.74) is -0.896. The molecule has 1 aliphatic rings. The van der Waals surface area contributed by atoms with Crippen LogP contribution in [0.15, 0.2) is 22.8 Å². The van der Waals surface area contributed by atoms with E-state index in [-0.39, 0.29) is 17.9 Å². The fraction of sp³-hybridized carbons (Fsp3) is 0.545. The van der Waals surface area contributed by atoms with E-state index >= 15 is 0 Å². The van der Waals surface area contributed by atoms with Gasteiger partial charge in [0.05, 0.1) is 29.6 Å². The first-order valence-corrected chi connectivity index (χ1v) is 7.22. The molecule has 0 aliphatic carbocycles. The maximum absolute atomic E-state index is 11.7. The third kappa shape index (κ3) is 2.52. The largest absolute Gasteiger partial charge is 0.481 e. The van der Waals surface area contributed by atoms with Crippen LogP contribution in [0.3, 0.4) is 0 Å². The van der Waals surface area contributed by atoms with Crippen LogP contribution in [0.1, 0.15) is 25.0 Å². The molecule has 94 valence electrons. The van der Waals surface area contributed by atoms with Crippen LogP contribution in [-0.2, 0) is 20.0 Å². The maximum Gasteiger partial charge on any atom is 0.304 e. The van der Waals surface area contributed by atoms with Crippen LogP contribution >= 0.6 is 0 Å².